The fourth-order valence-corrected chi connectivity index (χ4v) is 4.21. The van der Waals surface area contributed by atoms with E-state index in [1.165, 1.54) is 4.31 Å². The molecule has 0 heterocycles. The third-order valence-electron chi connectivity index (χ3n) is 4.84. The summed E-state index contributed by atoms with van der Waals surface area (Å²) < 4.78 is 36.8. The topological polar surface area (TPSA) is 84.9 Å². The minimum atomic E-state index is -3.55. The van der Waals surface area contributed by atoms with Crippen LogP contribution in [0.15, 0.2) is 72.8 Å². The number of ether oxygens (including phenoxy) is 2. The van der Waals surface area contributed by atoms with Crippen LogP contribution in [-0.2, 0) is 27.9 Å². The Morgan fingerprint density at radius 3 is 2.24 bits per heavy atom. The van der Waals surface area contributed by atoms with Crippen LogP contribution in [0.4, 0.5) is 5.69 Å². The molecule has 1 amide bonds. The highest BCUT2D eigenvalue weighted by Crippen LogP contribution is 2.26. The van der Waals surface area contributed by atoms with E-state index in [0.29, 0.717) is 34.3 Å². The second-order valence-electron chi connectivity index (χ2n) is 7.23. The van der Waals surface area contributed by atoms with E-state index in [-0.39, 0.29) is 19.1 Å². The predicted octanol–water partition coefficient (Wildman–Crippen LogP) is 4.01. The number of anilines is 1. The van der Waals surface area contributed by atoms with Gasteiger partial charge in [-0.15, -0.1) is 0 Å². The minimum absolute atomic E-state index is 0.101. The number of hydrogen-bond donors (Lipinski definition) is 1. The van der Waals surface area contributed by atoms with Gasteiger partial charge in [0.2, 0.25) is 10.0 Å². The van der Waals surface area contributed by atoms with Gasteiger partial charge in [-0.2, -0.15) is 0 Å². The third kappa shape index (κ3) is 6.87. The summed E-state index contributed by atoms with van der Waals surface area (Å²) in [6, 6.07) is 21.0. The lowest BCUT2D eigenvalue weighted by molar-refractivity contribution is -0.123. The number of carbonyl (C=O) groups is 1. The highest BCUT2D eigenvalue weighted by molar-refractivity contribution is 7.92. The van der Waals surface area contributed by atoms with Gasteiger partial charge in [-0.05, 0) is 42.0 Å². The summed E-state index contributed by atoms with van der Waals surface area (Å²) in [5, 5.41) is 3.27. The van der Waals surface area contributed by atoms with E-state index in [4.69, 9.17) is 21.1 Å². The number of rotatable bonds is 10. The molecule has 0 saturated carbocycles. The number of methoxy groups -OCH3 is 1. The van der Waals surface area contributed by atoms with Gasteiger partial charge in [-0.25, -0.2) is 8.42 Å². The molecular formula is C24H25ClN2O5S. The number of benzene rings is 3. The van der Waals surface area contributed by atoms with Crippen LogP contribution >= 0.6 is 11.6 Å². The maximum absolute atomic E-state index is 12.4. The van der Waals surface area contributed by atoms with Gasteiger partial charge < -0.3 is 14.8 Å². The van der Waals surface area contributed by atoms with E-state index >= 15 is 0 Å². The Hall–Kier alpha value is -3.23. The summed E-state index contributed by atoms with van der Waals surface area (Å²) in [6.45, 7) is 0.241. The summed E-state index contributed by atoms with van der Waals surface area (Å²) in [7, 11) is -1.98. The molecule has 0 aliphatic heterocycles. The van der Waals surface area contributed by atoms with E-state index in [2.05, 4.69) is 5.32 Å². The standard InChI is InChI=1S/C24H25ClN2O5S/c1-31-23-10-6-4-7-18(23)15-26-24(28)17-32-21-13-11-20(12-14-21)27(33(2,29)30)16-19-8-3-5-9-22(19)25/h3-14H,15-17H2,1-2H3,(H,26,28). The van der Waals surface area contributed by atoms with Crippen LogP contribution < -0.4 is 19.1 Å². The first-order valence-electron chi connectivity index (χ1n) is 10.1. The van der Waals surface area contributed by atoms with Gasteiger partial charge in [0.05, 0.1) is 25.6 Å². The summed E-state index contributed by atoms with van der Waals surface area (Å²) in [5.74, 6) is 0.848. The Morgan fingerprint density at radius 2 is 1.61 bits per heavy atom. The number of sulfonamides is 1. The van der Waals surface area contributed by atoms with E-state index < -0.39 is 10.0 Å². The quantitative estimate of drug-likeness (QED) is 0.466. The lowest BCUT2D eigenvalue weighted by Gasteiger charge is -2.23. The number of nitrogens with one attached hydrogen (secondary N) is 1. The Morgan fingerprint density at radius 1 is 0.970 bits per heavy atom. The van der Waals surface area contributed by atoms with Gasteiger partial charge >= 0.3 is 0 Å². The van der Waals surface area contributed by atoms with E-state index in [0.717, 1.165) is 11.8 Å². The first-order chi connectivity index (χ1) is 15.8. The van der Waals surface area contributed by atoms with Crippen molar-refractivity contribution in [1.29, 1.82) is 0 Å². The van der Waals surface area contributed by atoms with Crippen LogP contribution in [0.2, 0.25) is 5.02 Å². The van der Waals surface area contributed by atoms with Crippen molar-refractivity contribution in [3.8, 4) is 11.5 Å². The first kappa shape index (κ1) is 24.4. The van der Waals surface area contributed by atoms with Crippen molar-refractivity contribution in [3.63, 3.8) is 0 Å². The molecule has 0 spiro atoms. The molecule has 0 aliphatic carbocycles. The molecule has 3 aromatic rings. The molecule has 174 valence electrons. The minimum Gasteiger partial charge on any atom is -0.496 e. The molecule has 7 nitrogen and oxygen atoms in total. The predicted molar refractivity (Wildman–Crippen MR) is 129 cm³/mol. The second kappa shape index (κ2) is 11.1. The molecular weight excluding hydrogens is 464 g/mol. The molecule has 0 unspecified atom stereocenters. The molecule has 1 N–H and O–H groups in total. The van der Waals surface area contributed by atoms with Crippen molar-refractivity contribution in [1.82, 2.24) is 5.32 Å². The zero-order chi connectivity index (χ0) is 23.8. The van der Waals surface area contributed by atoms with Gasteiger partial charge in [-0.3, -0.25) is 9.10 Å². The van der Waals surface area contributed by atoms with Crippen LogP contribution in [0.3, 0.4) is 0 Å². The van der Waals surface area contributed by atoms with Gasteiger partial charge in [0.15, 0.2) is 6.61 Å². The normalized spacial score (nSPS) is 11.0. The molecule has 0 aromatic heterocycles. The van der Waals surface area contributed by atoms with E-state index in [1.807, 2.05) is 24.3 Å². The van der Waals surface area contributed by atoms with Crippen molar-refractivity contribution < 1.29 is 22.7 Å². The molecule has 3 aromatic carbocycles. The number of nitrogens with zero attached hydrogens (tertiary/aromatic N) is 1. The lowest BCUT2D eigenvalue weighted by Crippen LogP contribution is -2.29. The molecule has 0 aliphatic rings. The fraction of sp³-hybridized carbons (Fsp3) is 0.208. The number of halogens is 1. The molecule has 0 saturated heterocycles. The van der Waals surface area contributed by atoms with Crippen LogP contribution in [-0.4, -0.2) is 34.3 Å². The van der Waals surface area contributed by atoms with Crippen LogP contribution in [0, 0.1) is 0 Å². The summed E-state index contributed by atoms with van der Waals surface area (Å²) >= 11 is 6.20. The molecule has 0 fully saturated rings. The third-order valence-corrected chi connectivity index (χ3v) is 6.34. The highest BCUT2D eigenvalue weighted by atomic mass is 35.5. The maximum Gasteiger partial charge on any atom is 0.258 e. The first-order valence-corrected chi connectivity index (χ1v) is 12.3. The van der Waals surface area contributed by atoms with Gasteiger partial charge in [0.25, 0.3) is 5.91 Å². The van der Waals surface area contributed by atoms with Gasteiger partial charge in [0, 0.05) is 17.1 Å². The van der Waals surface area contributed by atoms with Crippen molar-refractivity contribution in [3.05, 3.63) is 88.9 Å². The number of para-hydroxylation sites is 1. The number of carbonyl (C=O) groups excluding carboxylic acids is 1. The summed E-state index contributed by atoms with van der Waals surface area (Å²) in [6.07, 6.45) is 1.14. The fourth-order valence-electron chi connectivity index (χ4n) is 3.13. The van der Waals surface area contributed by atoms with Crippen LogP contribution in [0.1, 0.15) is 11.1 Å². The van der Waals surface area contributed by atoms with E-state index in [1.54, 1.807) is 55.6 Å². The Kier molecular flexibility index (Phi) is 8.19. The molecule has 0 atom stereocenters. The average Bonchev–Trinajstić information content (AvgIpc) is 2.80. The van der Waals surface area contributed by atoms with Crippen molar-refractivity contribution >= 4 is 33.2 Å². The largest absolute Gasteiger partial charge is 0.496 e. The Balaban J connectivity index is 1.60. The number of amides is 1. The molecule has 33 heavy (non-hydrogen) atoms. The van der Waals surface area contributed by atoms with E-state index in [9.17, 15) is 13.2 Å². The lowest BCUT2D eigenvalue weighted by atomic mass is 10.2. The number of hydrogen-bond acceptors (Lipinski definition) is 5. The van der Waals surface area contributed by atoms with Gasteiger partial charge in [-0.1, -0.05) is 48.0 Å². The van der Waals surface area contributed by atoms with Crippen molar-refractivity contribution in [2.45, 2.75) is 13.1 Å². The van der Waals surface area contributed by atoms with Crippen molar-refractivity contribution in [2.75, 3.05) is 24.3 Å². The smallest absolute Gasteiger partial charge is 0.258 e. The van der Waals surface area contributed by atoms with Crippen molar-refractivity contribution in [2.24, 2.45) is 0 Å². The summed E-state index contributed by atoms with van der Waals surface area (Å²) in [5.41, 5.74) is 2.01. The maximum atomic E-state index is 12.4. The highest BCUT2D eigenvalue weighted by Gasteiger charge is 2.19. The zero-order valence-corrected chi connectivity index (χ0v) is 19.9. The summed E-state index contributed by atoms with van der Waals surface area (Å²) in [4.78, 5) is 12.2. The monoisotopic (exact) mass is 488 g/mol. The Labute approximate surface area is 198 Å². The van der Waals surface area contributed by atoms with Gasteiger partial charge in [0.1, 0.15) is 11.5 Å². The average molecular weight is 489 g/mol. The zero-order valence-electron chi connectivity index (χ0n) is 18.3. The second-order valence-corrected chi connectivity index (χ2v) is 9.55. The molecule has 0 bridgehead atoms. The van der Waals surface area contributed by atoms with Crippen LogP contribution in [0.5, 0.6) is 11.5 Å². The molecule has 0 radical (unpaired) electrons. The molecule has 3 rings (SSSR count). The Bertz CT molecular complexity index is 1200. The molecule has 9 heteroatoms. The SMILES string of the molecule is COc1ccccc1CNC(=O)COc1ccc(N(Cc2ccccc2Cl)S(C)(=O)=O)cc1. The van der Waals surface area contributed by atoms with Crippen LogP contribution in [0.25, 0.3) is 0 Å².